The highest BCUT2D eigenvalue weighted by molar-refractivity contribution is 5.27. The van der Waals surface area contributed by atoms with Crippen LogP contribution in [0.3, 0.4) is 0 Å². The van der Waals surface area contributed by atoms with E-state index in [2.05, 4.69) is 42.5 Å². The Bertz CT molecular complexity index is 598. The molecule has 0 aliphatic heterocycles. The third-order valence-electron chi connectivity index (χ3n) is 4.68. The molecule has 21 heavy (non-hydrogen) atoms. The summed E-state index contributed by atoms with van der Waals surface area (Å²) in [6.45, 7) is 1.94. The average molecular weight is 278 g/mol. The molecule has 0 spiro atoms. The van der Waals surface area contributed by atoms with Gasteiger partial charge in [0.2, 0.25) is 0 Å². The number of hydrogen-bond acceptors (Lipinski definition) is 1. The zero-order valence-electron chi connectivity index (χ0n) is 12.4. The van der Waals surface area contributed by atoms with Crippen molar-refractivity contribution in [2.45, 2.75) is 31.3 Å². The third-order valence-corrected chi connectivity index (χ3v) is 4.68. The van der Waals surface area contributed by atoms with Crippen molar-refractivity contribution in [2.24, 2.45) is 5.92 Å². The molecule has 0 bridgehead atoms. The summed E-state index contributed by atoms with van der Waals surface area (Å²) in [7, 11) is 0. The lowest BCUT2D eigenvalue weighted by atomic mass is 9.73. The van der Waals surface area contributed by atoms with Crippen LogP contribution in [0.1, 0.15) is 36.8 Å². The van der Waals surface area contributed by atoms with Crippen molar-refractivity contribution in [1.82, 2.24) is 0 Å². The average Bonchev–Trinajstić information content (AvgIpc) is 2.57. The summed E-state index contributed by atoms with van der Waals surface area (Å²) in [6, 6.07) is 20.6. The fourth-order valence-corrected chi connectivity index (χ4v) is 3.29. The zero-order valence-corrected chi connectivity index (χ0v) is 12.4. The van der Waals surface area contributed by atoms with Gasteiger partial charge >= 0.3 is 0 Å². The van der Waals surface area contributed by atoms with Crippen LogP contribution in [-0.4, -0.2) is 5.11 Å². The predicted octanol–water partition coefficient (Wildman–Crippen LogP) is 4.64. The van der Waals surface area contributed by atoms with Crippen molar-refractivity contribution in [1.29, 1.82) is 0 Å². The van der Waals surface area contributed by atoms with E-state index in [1.165, 1.54) is 5.56 Å². The Morgan fingerprint density at radius 3 is 2.24 bits per heavy atom. The van der Waals surface area contributed by atoms with Crippen molar-refractivity contribution in [3.63, 3.8) is 0 Å². The molecule has 1 aliphatic carbocycles. The molecule has 1 heteroatoms. The molecule has 108 valence electrons. The van der Waals surface area contributed by atoms with Gasteiger partial charge in [0.1, 0.15) is 0 Å². The molecule has 0 radical (unpaired) electrons. The van der Waals surface area contributed by atoms with Gasteiger partial charge in [-0.15, -0.1) is 0 Å². The van der Waals surface area contributed by atoms with E-state index in [4.69, 9.17) is 0 Å². The normalized spacial score (nSPS) is 24.5. The number of hydrogen-bond donors (Lipinski definition) is 1. The van der Waals surface area contributed by atoms with Crippen LogP contribution in [0.4, 0.5) is 0 Å². The predicted molar refractivity (Wildman–Crippen MR) is 87.1 cm³/mol. The van der Waals surface area contributed by atoms with Gasteiger partial charge < -0.3 is 5.11 Å². The van der Waals surface area contributed by atoms with E-state index in [-0.39, 0.29) is 5.92 Å². The van der Waals surface area contributed by atoms with E-state index in [1.807, 2.05) is 37.3 Å². The number of rotatable bonds is 3. The molecular weight excluding hydrogens is 256 g/mol. The summed E-state index contributed by atoms with van der Waals surface area (Å²) < 4.78 is 0. The molecule has 0 fully saturated rings. The summed E-state index contributed by atoms with van der Waals surface area (Å²) in [6.07, 6.45) is 6.46. The number of benzene rings is 2. The molecule has 3 rings (SSSR count). The maximum Gasteiger partial charge on any atom is 0.0931 e. The molecule has 0 saturated carbocycles. The second kappa shape index (κ2) is 5.87. The van der Waals surface area contributed by atoms with Crippen LogP contribution in [0.15, 0.2) is 72.8 Å². The van der Waals surface area contributed by atoms with E-state index in [1.54, 1.807) is 0 Å². The van der Waals surface area contributed by atoms with Gasteiger partial charge in [-0.3, -0.25) is 0 Å². The molecule has 2 aromatic carbocycles. The van der Waals surface area contributed by atoms with Gasteiger partial charge in [0.05, 0.1) is 5.60 Å². The van der Waals surface area contributed by atoms with Crippen LogP contribution >= 0.6 is 0 Å². The first kappa shape index (κ1) is 14.1. The van der Waals surface area contributed by atoms with E-state index in [0.29, 0.717) is 5.92 Å². The van der Waals surface area contributed by atoms with E-state index >= 15 is 0 Å². The summed E-state index contributed by atoms with van der Waals surface area (Å²) in [4.78, 5) is 0. The van der Waals surface area contributed by atoms with Crippen LogP contribution in [0.2, 0.25) is 0 Å². The van der Waals surface area contributed by atoms with Crippen LogP contribution in [0, 0.1) is 5.92 Å². The highest BCUT2D eigenvalue weighted by Crippen LogP contribution is 2.41. The Kier molecular flexibility index (Phi) is 3.94. The Balaban J connectivity index is 1.83. The maximum absolute atomic E-state index is 11.0. The Morgan fingerprint density at radius 1 is 0.952 bits per heavy atom. The van der Waals surface area contributed by atoms with E-state index in [0.717, 1.165) is 18.4 Å². The van der Waals surface area contributed by atoms with Gasteiger partial charge in [0, 0.05) is 5.92 Å². The lowest BCUT2D eigenvalue weighted by Crippen LogP contribution is -2.33. The quantitative estimate of drug-likeness (QED) is 0.811. The molecular formula is C20H22O. The van der Waals surface area contributed by atoms with Gasteiger partial charge in [-0.1, -0.05) is 72.8 Å². The topological polar surface area (TPSA) is 20.2 Å². The SMILES string of the molecule is C[C@](O)(c1ccccc1)[C@@H]1C=CC[C@@H](c2ccccc2)C1. The van der Waals surface area contributed by atoms with Crippen molar-refractivity contribution in [2.75, 3.05) is 0 Å². The van der Waals surface area contributed by atoms with Crippen molar-refractivity contribution in [3.05, 3.63) is 83.9 Å². The van der Waals surface area contributed by atoms with Crippen LogP contribution in [0.25, 0.3) is 0 Å². The summed E-state index contributed by atoms with van der Waals surface area (Å²) in [5, 5.41) is 11.0. The minimum Gasteiger partial charge on any atom is -0.385 e. The molecule has 1 nitrogen and oxygen atoms in total. The minimum atomic E-state index is -0.814. The summed E-state index contributed by atoms with van der Waals surface area (Å²) in [5.74, 6) is 0.648. The van der Waals surface area contributed by atoms with Crippen molar-refractivity contribution < 1.29 is 5.11 Å². The molecule has 0 unspecified atom stereocenters. The Labute approximate surface area is 127 Å². The lowest BCUT2D eigenvalue weighted by molar-refractivity contribution is 0.00573. The smallest absolute Gasteiger partial charge is 0.0931 e. The van der Waals surface area contributed by atoms with E-state index < -0.39 is 5.60 Å². The molecule has 1 aliphatic rings. The fraction of sp³-hybridized carbons (Fsp3) is 0.300. The fourth-order valence-electron chi connectivity index (χ4n) is 3.29. The molecule has 0 amide bonds. The molecule has 1 N–H and O–H groups in total. The van der Waals surface area contributed by atoms with Gasteiger partial charge in [0.25, 0.3) is 0 Å². The molecule has 0 heterocycles. The second-order valence-electron chi connectivity index (χ2n) is 6.13. The van der Waals surface area contributed by atoms with Crippen LogP contribution in [-0.2, 0) is 5.60 Å². The highest BCUT2D eigenvalue weighted by atomic mass is 16.3. The highest BCUT2D eigenvalue weighted by Gasteiger charge is 2.35. The lowest BCUT2D eigenvalue weighted by Gasteiger charge is -2.36. The number of aliphatic hydroxyl groups is 1. The third kappa shape index (κ3) is 2.93. The minimum absolute atomic E-state index is 0.152. The standard InChI is InChI=1S/C20H22O/c1-20(21,18-12-6-3-7-13-18)19-14-8-11-17(15-19)16-9-4-2-5-10-16/h2-10,12-14,17,19,21H,11,15H2,1H3/t17-,19-,20+/m1/s1. The van der Waals surface area contributed by atoms with Gasteiger partial charge in [-0.2, -0.15) is 0 Å². The second-order valence-corrected chi connectivity index (χ2v) is 6.13. The van der Waals surface area contributed by atoms with Gasteiger partial charge in [-0.05, 0) is 36.8 Å². The maximum atomic E-state index is 11.0. The summed E-state index contributed by atoms with van der Waals surface area (Å²) in [5.41, 5.74) is 1.55. The molecule has 2 aromatic rings. The van der Waals surface area contributed by atoms with Crippen molar-refractivity contribution in [3.8, 4) is 0 Å². The first-order valence-corrected chi connectivity index (χ1v) is 7.67. The Hall–Kier alpha value is -1.86. The molecule has 0 aromatic heterocycles. The summed E-state index contributed by atoms with van der Waals surface area (Å²) >= 11 is 0. The number of allylic oxidation sites excluding steroid dienone is 1. The van der Waals surface area contributed by atoms with Gasteiger partial charge in [0.15, 0.2) is 0 Å². The van der Waals surface area contributed by atoms with Crippen molar-refractivity contribution >= 4 is 0 Å². The van der Waals surface area contributed by atoms with Crippen LogP contribution < -0.4 is 0 Å². The largest absolute Gasteiger partial charge is 0.385 e. The monoisotopic (exact) mass is 278 g/mol. The van der Waals surface area contributed by atoms with Gasteiger partial charge in [-0.25, -0.2) is 0 Å². The van der Waals surface area contributed by atoms with E-state index in [9.17, 15) is 5.11 Å². The van der Waals surface area contributed by atoms with Crippen LogP contribution in [0.5, 0.6) is 0 Å². The molecule has 0 saturated heterocycles. The zero-order chi connectivity index (χ0) is 14.7. The first-order valence-electron chi connectivity index (χ1n) is 7.67. The first-order chi connectivity index (χ1) is 10.2. The molecule has 3 atom stereocenters. The Morgan fingerprint density at radius 2 is 1.57 bits per heavy atom.